The SMILES string of the molecule is COc1ccc(-n2c(C)cc(/C=C3/NC(=O)N(CC(=O)Nc4ccc(C)cc4)C3=O)c2C)c([N+](=O)[O-])c1. The van der Waals surface area contributed by atoms with E-state index in [-0.39, 0.29) is 11.4 Å². The molecular formula is C26H25N5O6. The Hall–Kier alpha value is -4.93. The van der Waals surface area contributed by atoms with E-state index in [0.29, 0.717) is 34.1 Å². The molecule has 0 unspecified atom stereocenters. The lowest BCUT2D eigenvalue weighted by Gasteiger charge is -2.12. The number of benzene rings is 2. The zero-order chi connectivity index (χ0) is 26.9. The second-order valence-electron chi connectivity index (χ2n) is 8.57. The van der Waals surface area contributed by atoms with Crippen LogP contribution >= 0.6 is 0 Å². The number of rotatable bonds is 7. The molecule has 2 N–H and O–H groups in total. The summed E-state index contributed by atoms with van der Waals surface area (Å²) >= 11 is 0. The second kappa shape index (κ2) is 9.97. The van der Waals surface area contributed by atoms with E-state index in [9.17, 15) is 24.5 Å². The number of carbonyl (C=O) groups is 3. The van der Waals surface area contributed by atoms with E-state index in [1.165, 1.54) is 19.3 Å². The Balaban J connectivity index is 1.58. The van der Waals surface area contributed by atoms with Gasteiger partial charge in [0, 0.05) is 17.1 Å². The van der Waals surface area contributed by atoms with Crippen LogP contribution in [0.4, 0.5) is 16.2 Å². The number of methoxy groups -OCH3 is 1. The number of imide groups is 1. The van der Waals surface area contributed by atoms with Crippen molar-refractivity contribution >= 4 is 35.3 Å². The summed E-state index contributed by atoms with van der Waals surface area (Å²) in [4.78, 5) is 49.8. The van der Waals surface area contributed by atoms with Gasteiger partial charge in [0.05, 0.1) is 18.1 Å². The van der Waals surface area contributed by atoms with Gasteiger partial charge in [0.1, 0.15) is 23.7 Å². The van der Waals surface area contributed by atoms with Crippen LogP contribution in [-0.2, 0) is 9.59 Å². The molecule has 0 aliphatic carbocycles. The van der Waals surface area contributed by atoms with E-state index in [0.717, 1.165) is 10.5 Å². The van der Waals surface area contributed by atoms with E-state index < -0.39 is 29.3 Å². The first-order valence-corrected chi connectivity index (χ1v) is 11.3. The first-order valence-electron chi connectivity index (χ1n) is 11.3. The molecule has 1 aromatic heterocycles. The average molecular weight is 504 g/mol. The van der Waals surface area contributed by atoms with Crippen LogP contribution in [0.1, 0.15) is 22.5 Å². The van der Waals surface area contributed by atoms with Gasteiger partial charge in [-0.25, -0.2) is 9.69 Å². The largest absolute Gasteiger partial charge is 0.496 e. The Morgan fingerprint density at radius 2 is 1.81 bits per heavy atom. The number of nitro groups is 1. The molecule has 1 aliphatic heterocycles. The van der Waals surface area contributed by atoms with Gasteiger partial charge in [0.25, 0.3) is 11.6 Å². The zero-order valence-electron chi connectivity index (χ0n) is 20.7. The number of hydrogen-bond donors (Lipinski definition) is 2. The fourth-order valence-electron chi connectivity index (χ4n) is 4.12. The summed E-state index contributed by atoms with van der Waals surface area (Å²) in [6, 6.07) is 12.7. The summed E-state index contributed by atoms with van der Waals surface area (Å²) in [5.41, 5.74) is 3.66. The van der Waals surface area contributed by atoms with Crippen molar-refractivity contribution in [2.45, 2.75) is 20.8 Å². The van der Waals surface area contributed by atoms with Gasteiger partial charge in [-0.1, -0.05) is 17.7 Å². The maximum Gasteiger partial charge on any atom is 0.329 e. The van der Waals surface area contributed by atoms with Crippen molar-refractivity contribution in [1.82, 2.24) is 14.8 Å². The number of amides is 4. The van der Waals surface area contributed by atoms with Crippen LogP contribution < -0.4 is 15.4 Å². The minimum atomic E-state index is -0.713. The van der Waals surface area contributed by atoms with Crippen molar-refractivity contribution in [1.29, 1.82) is 0 Å². The summed E-state index contributed by atoms with van der Waals surface area (Å²) in [5.74, 6) is -0.811. The maximum absolute atomic E-state index is 12.9. The molecule has 1 fully saturated rings. The van der Waals surface area contributed by atoms with Crippen LogP contribution in [0.2, 0.25) is 0 Å². The monoisotopic (exact) mass is 503 g/mol. The van der Waals surface area contributed by atoms with Crippen molar-refractivity contribution in [3.05, 3.63) is 86.9 Å². The lowest BCUT2D eigenvalue weighted by Crippen LogP contribution is -2.38. The summed E-state index contributed by atoms with van der Waals surface area (Å²) < 4.78 is 6.81. The number of aryl methyl sites for hydroxylation is 2. The van der Waals surface area contributed by atoms with Crippen molar-refractivity contribution in [2.75, 3.05) is 19.0 Å². The number of nitrogens with zero attached hydrogens (tertiary/aromatic N) is 3. The van der Waals surface area contributed by atoms with Gasteiger partial charge in [0.15, 0.2) is 0 Å². The molecule has 0 saturated carbocycles. The fraction of sp³-hybridized carbons (Fsp3) is 0.192. The quantitative estimate of drug-likeness (QED) is 0.218. The van der Waals surface area contributed by atoms with E-state index >= 15 is 0 Å². The van der Waals surface area contributed by atoms with Gasteiger partial charge >= 0.3 is 6.03 Å². The minimum absolute atomic E-state index is 0.00221. The number of urea groups is 1. The summed E-state index contributed by atoms with van der Waals surface area (Å²) in [6.07, 6.45) is 1.49. The van der Waals surface area contributed by atoms with Gasteiger partial charge in [-0.3, -0.25) is 19.7 Å². The first kappa shape index (κ1) is 25.2. The van der Waals surface area contributed by atoms with Gasteiger partial charge in [-0.05, 0) is 62.7 Å². The standard InChI is InChI=1S/C26H25N5O6/c1-15-5-7-19(8-6-15)27-24(32)14-29-25(33)21(28-26(29)34)12-18-11-16(2)30(17(18)3)22-10-9-20(37-4)13-23(22)31(35)36/h5-13H,14H2,1-4H3,(H,27,32)(H,28,34)/b21-12+. The van der Waals surface area contributed by atoms with E-state index in [4.69, 9.17) is 4.74 Å². The van der Waals surface area contributed by atoms with E-state index in [1.807, 2.05) is 19.1 Å². The molecule has 2 heterocycles. The summed E-state index contributed by atoms with van der Waals surface area (Å²) in [6.45, 7) is 5.00. The van der Waals surface area contributed by atoms with Gasteiger partial charge in [-0.2, -0.15) is 0 Å². The maximum atomic E-state index is 12.9. The molecule has 4 amide bonds. The Labute approximate surface area is 212 Å². The molecule has 11 nitrogen and oxygen atoms in total. The molecule has 0 radical (unpaired) electrons. The van der Waals surface area contributed by atoms with Crippen LogP contribution in [0, 0.1) is 30.9 Å². The number of anilines is 1. The number of carbonyl (C=O) groups excluding carboxylic acids is 3. The first-order chi connectivity index (χ1) is 17.6. The third-order valence-electron chi connectivity index (χ3n) is 5.99. The Bertz CT molecular complexity index is 1450. The highest BCUT2D eigenvalue weighted by atomic mass is 16.6. The van der Waals surface area contributed by atoms with Crippen molar-refractivity contribution in [2.24, 2.45) is 0 Å². The van der Waals surface area contributed by atoms with Crippen molar-refractivity contribution < 1.29 is 24.0 Å². The topological polar surface area (TPSA) is 136 Å². The average Bonchev–Trinajstić information content (AvgIpc) is 3.28. The molecule has 0 spiro atoms. The Morgan fingerprint density at radius 1 is 1.11 bits per heavy atom. The number of hydrogen-bond acceptors (Lipinski definition) is 6. The van der Waals surface area contributed by atoms with Crippen LogP contribution in [0.3, 0.4) is 0 Å². The highest BCUT2D eigenvalue weighted by Crippen LogP contribution is 2.32. The lowest BCUT2D eigenvalue weighted by atomic mass is 10.2. The second-order valence-corrected chi connectivity index (χ2v) is 8.57. The predicted molar refractivity (Wildman–Crippen MR) is 136 cm³/mol. The Kier molecular flexibility index (Phi) is 6.79. The number of nitro benzene ring substituents is 1. The molecule has 4 rings (SSSR count). The van der Waals surface area contributed by atoms with Gasteiger partial charge in [-0.15, -0.1) is 0 Å². The molecule has 11 heteroatoms. The third kappa shape index (κ3) is 5.06. The Morgan fingerprint density at radius 3 is 2.46 bits per heavy atom. The van der Waals surface area contributed by atoms with Crippen LogP contribution in [-0.4, -0.2) is 45.9 Å². The van der Waals surface area contributed by atoms with Crippen molar-refractivity contribution in [3.8, 4) is 11.4 Å². The van der Waals surface area contributed by atoms with Crippen LogP contribution in [0.5, 0.6) is 5.75 Å². The molecular weight excluding hydrogens is 478 g/mol. The van der Waals surface area contributed by atoms with E-state index in [2.05, 4.69) is 10.6 Å². The molecule has 1 aliphatic rings. The van der Waals surface area contributed by atoms with Crippen LogP contribution in [0.25, 0.3) is 11.8 Å². The van der Waals surface area contributed by atoms with Crippen LogP contribution in [0.15, 0.2) is 54.2 Å². The molecule has 1 saturated heterocycles. The summed E-state index contributed by atoms with van der Waals surface area (Å²) in [5, 5.41) is 16.9. The summed E-state index contributed by atoms with van der Waals surface area (Å²) in [7, 11) is 1.43. The third-order valence-corrected chi connectivity index (χ3v) is 5.99. The minimum Gasteiger partial charge on any atom is -0.496 e. The smallest absolute Gasteiger partial charge is 0.329 e. The number of aromatic nitrogens is 1. The molecule has 190 valence electrons. The van der Waals surface area contributed by atoms with Crippen molar-refractivity contribution in [3.63, 3.8) is 0 Å². The predicted octanol–water partition coefficient (Wildman–Crippen LogP) is 3.85. The molecule has 37 heavy (non-hydrogen) atoms. The molecule has 2 aromatic carbocycles. The zero-order valence-corrected chi connectivity index (χ0v) is 20.7. The highest BCUT2D eigenvalue weighted by molar-refractivity contribution is 6.16. The number of nitrogens with one attached hydrogen (secondary N) is 2. The van der Waals surface area contributed by atoms with Gasteiger partial charge in [0.2, 0.25) is 5.91 Å². The highest BCUT2D eigenvalue weighted by Gasteiger charge is 2.35. The molecule has 0 atom stereocenters. The molecule has 0 bridgehead atoms. The fourth-order valence-corrected chi connectivity index (χ4v) is 4.12. The van der Waals surface area contributed by atoms with Gasteiger partial charge < -0.3 is 19.9 Å². The normalized spacial score (nSPS) is 14.2. The van der Waals surface area contributed by atoms with E-state index in [1.54, 1.807) is 48.7 Å². The number of ether oxygens (including phenoxy) is 1. The lowest BCUT2D eigenvalue weighted by molar-refractivity contribution is -0.384. The molecule has 3 aromatic rings.